The lowest BCUT2D eigenvalue weighted by atomic mass is 10.1. The van der Waals surface area contributed by atoms with Crippen LogP contribution in [-0.2, 0) is 17.8 Å². The molecular weight excluding hydrogens is 300 g/mol. The number of nitrogens with zero attached hydrogens (tertiary/aromatic N) is 1. The van der Waals surface area contributed by atoms with Gasteiger partial charge in [0.25, 0.3) is 5.91 Å². The van der Waals surface area contributed by atoms with E-state index in [1.165, 1.54) is 5.56 Å². The van der Waals surface area contributed by atoms with Crippen LogP contribution >= 0.6 is 0 Å². The lowest BCUT2D eigenvalue weighted by Crippen LogP contribution is -2.24. The molecule has 0 atom stereocenters. The van der Waals surface area contributed by atoms with E-state index in [0.29, 0.717) is 18.5 Å². The molecule has 1 heterocycles. The number of carbonyl (C=O) groups excluding carboxylic acids is 2. The molecule has 1 aliphatic rings. The number of amides is 2. The van der Waals surface area contributed by atoms with E-state index >= 15 is 0 Å². The first-order chi connectivity index (χ1) is 11.7. The van der Waals surface area contributed by atoms with Crippen molar-refractivity contribution < 1.29 is 9.59 Å². The second-order valence-electron chi connectivity index (χ2n) is 6.05. The molecule has 3 rings (SSSR count). The van der Waals surface area contributed by atoms with Gasteiger partial charge in [0.1, 0.15) is 0 Å². The van der Waals surface area contributed by atoms with Gasteiger partial charge < -0.3 is 10.2 Å². The summed E-state index contributed by atoms with van der Waals surface area (Å²) < 4.78 is 0. The molecule has 0 saturated carbocycles. The van der Waals surface area contributed by atoms with Crippen LogP contribution in [0.4, 0.5) is 5.69 Å². The van der Waals surface area contributed by atoms with Gasteiger partial charge >= 0.3 is 0 Å². The smallest absolute Gasteiger partial charge is 0.251 e. The van der Waals surface area contributed by atoms with Gasteiger partial charge in [-0.1, -0.05) is 31.2 Å². The maximum absolute atomic E-state index is 12.2. The van der Waals surface area contributed by atoms with Crippen molar-refractivity contribution in [2.45, 2.75) is 32.7 Å². The minimum absolute atomic E-state index is 0.0727. The van der Waals surface area contributed by atoms with Gasteiger partial charge in [-0.25, -0.2) is 0 Å². The van der Waals surface area contributed by atoms with E-state index in [9.17, 15) is 9.59 Å². The number of nitrogens with one attached hydrogen (secondary N) is 1. The summed E-state index contributed by atoms with van der Waals surface area (Å²) in [6.07, 6.45) is 2.52. The highest BCUT2D eigenvalue weighted by atomic mass is 16.2. The molecule has 4 heteroatoms. The summed E-state index contributed by atoms with van der Waals surface area (Å²) in [5.74, 6) is 0.114. The van der Waals surface area contributed by atoms with E-state index in [0.717, 1.165) is 30.6 Å². The van der Waals surface area contributed by atoms with Crippen molar-refractivity contribution in [2.24, 2.45) is 0 Å². The first kappa shape index (κ1) is 16.2. The highest BCUT2D eigenvalue weighted by molar-refractivity contribution is 5.95. The van der Waals surface area contributed by atoms with Crippen LogP contribution in [0.15, 0.2) is 48.5 Å². The van der Waals surface area contributed by atoms with E-state index in [1.54, 1.807) is 0 Å². The number of anilines is 1. The summed E-state index contributed by atoms with van der Waals surface area (Å²) in [5.41, 5.74) is 3.84. The maximum atomic E-state index is 12.2. The van der Waals surface area contributed by atoms with Crippen molar-refractivity contribution in [3.05, 3.63) is 65.2 Å². The Kier molecular flexibility index (Phi) is 4.94. The Balaban J connectivity index is 1.57. The Morgan fingerprint density at radius 3 is 2.29 bits per heavy atom. The van der Waals surface area contributed by atoms with Gasteiger partial charge in [0.15, 0.2) is 0 Å². The largest absolute Gasteiger partial charge is 0.348 e. The zero-order valence-electron chi connectivity index (χ0n) is 13.9. The van der Waals surface area contributed by atoms with Crippen molar-refractivity contribution in [1.29, 1.82) is 0 Å². The molecule has 0 radical (unpaired) electrons. The Hall–Kier alpha value is -2.62. The monoisotopic (exact) mass is 322 g/mol. The summed E-state index contributed by atoms with van der Waals surface area (Å²) in [6, 6.07) is 15.5. The Labute approximate surface area is 142 Å². The number of aryl methyl sites for hydroxylation is 1. The molecule has 2 amide bonds. The maximum Gasteiger partial charge on any atom is 0.251 e. The second-order valence-corrected chi connectivity index (χ2v) is 6.05. The first-order valence-electron chi connectivity index (χ1n) is 8.44. The molecule has 1 saturated heterocycles. The molecule has 2 aromatic rings. The Bertz CT molecular complexity index is 720. The average Bonchev–Trinajstić information content (AvgIpc) is 3.06. The fraction of sp³-hybridized carbons (Fsp3) is 0.300. The van der Waals surface area contributed by atoms with Gasteiger partial charge in [0, 0.05) is 30.8 Å². The van der Waals surface area contributed by atoms with Crippen molar-refractivity contribution in [3.63, 3.8) is 0 Å². The fourth-order valence-corrected chi connectivity index (χ4v) is 2.89. The topological polar surface area (TPSA) is 49.4 Å². The summed E-state index contributed by atoms with van der Waals surface area (Å²) in [4.78, 5) is 25.7. The molecule has 1 fully saturated rings. The molecular formula is C20H22N2O2. The SMILES string of the molecule is CCc1ccc(C(=O)NCc2ccc(N3CCCC3=O)cc2)cc1. The normalized spacial score (nSPS) is 14.0. The van der Waals surface area contributed by atoms with Gasteiger partial charge in [-0.15, -0.1) is 0 Å². The molecule has 4 nitrogen and oxygen atoms in total. The molecule has 0 aromatic heterocycles. The summed E-state index contributed by atoms with van der Waals surface area (Å²) in [7, 11) is 0. The number of carbonyl (C=O) groups is 2. The highest BCUT2D eigenvalue weighted by Crippen LogP contribution is 2.21. The molecule has 124 valence electrons. The minimum atomic E-state index is -0.0727. The minimum Gasteiger partial charge on any atom is -0.348 e. The highest BCUT2D eigenvalue weighted by Gasteiger charge is 2.21. The zero-order chi connectivity index (χ0) is 16.9. The summed E-state index contributed by atoms with van der Waals surface area (Å²) >= 11 is 0. The van der Waals surface area contributed by atoms with Crippen LogP contribution in [0.25, 0.3) is 0 Å². The first-order valence-corrected chi connectivity index (χ1v) is 8.44. The van der Waals surface area contributed by atoms with Crippen molar-refractivity contribution in [3.8, 4) is 0 Å². The lowest BCUT2D eigenvalue weighted by molar-refractivity contribution is -0.117. The molecule has 1 aliphatic heterocycles. The summed E-state index contributed by atoms with van der Waals surface area (Å²) in [5, 5.41) is 2.93. The predicted molar refractivity (Wildman–Crippen MR) is 95.0 cm³/mol. The third kappa shape index (κ3) is 3.65. The van der Waals surface area contributed by atoms with Gasteiger partial charge in [0.2, 0.25) is 5.91 Å². The van der Waals surface area contributed by atoms with Crippen molar-refractivity contribution in [1.82, 2.24) is 5.32 Å². The summed E-state index contributed by atoms with van der Waals surface area (Å²) in [6.45, 7) is 3.36. The number of hydrogen-bond donors (Lipinski definition) is 1. The quantitative estimate of drug-likeness (QED) is 0.918. The predicted octanol–water partition coefficient (Wildman–Crippen LogP) is 3.31. The van der Waals surface area contributed by atoms with Crippen LogP contribution < -0.4 is 10.2 Å². The van der Waals surface area contributed by atoms with Crippen molar-refractivity contribution >= 4 is 17.5 Å². The molecule has 0 unspecified atom stereocenters. The van der Waals surface area contributed by atoms with Gasteiger partial charge in [0.05, 0.1) is 0 Å². The van der Waals surface area contributed by atoms with Crippen LogP contribution in [0.3, 0.4) is 0 Å². The molecule has 0 spiro atoms. The lowest BCUT2D eigenvalue weighted by Gasteiger charge is -2.16. The van der Waals surface area contributed by atoms with Crippen LogP contribution in [0.5, 0.6) is 0 Å². The van der Waals surface area contributed by atoms with Gasteiger partial charge in [-0.05, 0) is 48.2 Å². The standard InChI is InChI=1S/C20H22N2O2/c1-2-15-5-9-17(10-6-15)20(24)21-14-16-7-11-18(12-8-16)22-13-3-4-19(22)23/h5-12H,2-4,13-14H2,1H3,(H,21,24). The number of hydrogen-bond acceptors (Lipinski definition) is 2. The Morgan fingerprint density at radius 1 is 1.04 bits per heavy atom. The number of benzene rings is 2. The van der Waals surface area contributed by atoms with E-state index in [4.69, 9.17) is 0 Å². The third-order valence-corrected chi connectivity index (χ3v) is 4.40. The Morgan fingerprint density at radius 2 is 1.71 bits per heavy atom. The second kappa shape index (κ2) is 7.30. The van der Waals surface area contributed by atoms with E-state index < -0.39 is 0 Å². The molecule has 2 aromatic carbocycles. The molecule has 0 bridgehead atoms. The molecule has 0 aliphatic carbocycles. The third-order valence-electron chi connectivity index (χ3n) is 4.40. The number of rotatable bonds is 5. The average molecular weight is 322 g/mol. The molecule has 1 N–H and O–H groups in total. The fourth-order valence-electron chi connectivity index (χ4n) is 2.89. The van der Waals surface area contributed by atoms with E-state index in [1.807, 2.05) is 53.4 Å². The van der Waals surface area contributed by atoms with Crippen LogP contribution in [0, 0.1) is 0 Å². The van der Waals surface area contributed by atoms with E-state index in [-0.39, 0.29) is 11.8 Å². The van der Waals surface area contributed by atoms with Gasteiger partial charge in [-0.2, -0.15) is 0 Å². The van der Waals surface area contributed by atoms with Crippen LogP contribution in [0.1, 0.15) is 41.3 Å². The zero-order valence-corrected chi connectivity index (χ0v) is 13.9. The van der Waals surface area contributed by atoms with Crippen molar-refractivity contribution in [2.75, 3.05) is 11.4 Å². The van der Waals surface area contributed by atoms with E-state index in [2.05, 4.69) is 12.2 Å². The van der Waals surface area contributed by atoms with Gasteiger partial charge in [-0.3, -0.25) is 9.59 Å². The molecule has 24 heavy (non-hydrogen) atoms. The van der Waals surface area contributed by atoms with Crippen LogP contribution in [0.2, 0.25) is 0 Å². The van der Waals surface area contributed by atoms with Crippen LogP contribution in [-0.4, -0.2) is 18.4 Å².